The van der Waals surface area contributed by atoms with Crippen LogP contribution < -0.4 is 15.2 Å². The second-order valence-electron chi connectivity index (χ2n) is 4.07. The first-order valence-electron chi connectivity index (χ1n) is 5.81. The lowest BCUT2D eigenvalue weighted by Gasteiger charge is -2.14. The fraction of sp³-hybridized carbons (Fsp3) is 0.231. The predicted octanol–water partition coefficient (Wildman–Crippen LogP) is 3.71. The lowest BCUT2D eigenvalue weighted by molar-refractivity contribution is 0.368. The third kappa shape index (κ3) is 3.43. The molecule has 1 aromatic heterocycles. The molecule has 1 atom stereocenters. The Hall–Kier alpha value is -1.43. The molecule has 0 aliphatic carbocycles. The van der Waals surface area contributed by atoms with Crippen molar-refractivity contribution in [3.8, 4) is 11.8 Å². The van der Waals surface area contributed by atoms with Gasteiger partial charge in [-0.3, -0.25) is 0 Å². The summed E-state index contributed by atoms with van der Waals surface area (Å²) in [6.07, 6.45) is 0. The molecule has 2 N–H and O–H groups in total. The average molecular weight is 349 g/mol. The smallest absolute Gasteiger partial charge is 0.220 e. The van der Waals surface area contributed by atoms with Gasteiger partial charge in [-0.2, -0.15) is 9.97 Å². The van der Waals surface area contributed by atoms with Crippen LogP contribution in [0.1, 0.15) is 16.8 Å². The van der Waals surface area contributed by atoms with Gasteiger partial charge in [-0.1, -0.05) is 23.2 Å². The topological polar surface area (TPSA) is 70.3 Å². The molecule has 0 saturated heterocycles. The lowest BCUT2D eigenvalue weighted by atomic mass is 10.1. The molecule has 0 aliphatic rings. The summed E-state index contributed by atoms with van der Waals surface area (Å²) in [6, 6.07) is 4.67. The molecule has 1 heterocycles. The molecular weight excluding hydrogens is 337 g/mol. The largest absolute Gasteiger partial charge is 0.481 e. The summed E-state index contributed by atoms with van der Waals surface area (Å²) in [7, 11) is 2.98. The van der Waals surface area contributed by atoms with Gasteiger partial charge < -0.3 is 15.2 Å². The first-order chi connectivity index (χ1) is 9.96. The molecular formula is C13H12Cl3N3O2. The number of nitrogens with zero attached hydrogens (tertiary/aromatic N) is 2. The molecule has 0 radical (unpaired) electrons. The normalized spacial score (nSPS) is 12.0. The number of hydrogen-bond donors (Lipinski definition) is 1. The van der Waals surface area contributed by atoms with E-state index in [2.05, 4.69) is 9.97 Å². The van der Waals surface area contributed by atoms with Gasteiger partial charge >= 0.3 is 0 Å². The van der Waals surface area contributed by atoms with Crippen molar-refractivity contribution in [2.75, 3.05) is 20.0 Å². The average Bonchev–Trinajstić information content (AvgIpc) is 2.49. The Morgan fingerprint density at radius 1 is 1.00 bits per heavy atom. The number of benzene rings is 1. The van der Waals surface area contributed by atoms with Gasteiger partial charge in [0.2, 0.25) is 11.8 Å². The number of ether oxygens (including phenoxy) is 2. The molecule has 0 spiro atoms. The highest BCUT2D eigenvalue weighted by atomic mass is 35.5. The summed E-state index contributed by atoms with van der Waals surface area (Å²) in [4.78, 5) is 8.38. The summed E-state index contributed by atoms with van der Waals surface area (Å²) >= 11 is 18.3. The number of halogens is 3. The number of rotatable bonds is 4. The van der Waals surface area contributed by atoms with Gasteiger partial charge in [0.05, 0.1) is 30.3 Å². The Morgan fingerprint density at radius 2 is 1.52 bits per heavy atom. The molecule has 2 aromatic rings. The first-order valence-corrected chi connectivity index (χ1v) is 7.01. The van der Waals surface area contributed by atoms with Crippen LogP contribution in [0.5, 0.6) is 11.8 Å². The van der Waals surface area contributed by atoms with Crippen molar-refractivity contribution in [3.05, 3.63) is 39.6 Å². The van der Waals surface area contributed by atoms with Gasteiger partial charge in [-0.25, -0.2) is 0 Å². The zero-order valence-corrected chi connectivity index (χ0v) is 13.5. The number of anilines is 1. The summed E-state index contributed by atoms with van der Waals surface area (Å²) in [6.45, 7) is 0. The molecule has 0 bridgehead atoms. The van der Waals surface area contributed by atoms with E-state index in [1.165, 1.54) is 20.3 Å². The van der Waals surface area contributed by atoms with Crippen LogP contribution in [0.25, 0.3) is 0 Å². The SMILES string of the molecule is COc1cc(OC)nc(C(Cl)c2cc(Cl)c(Cl)cc2N)n1. The third-order valence-corrected chi connectivity index (χ3v) is 3.89. The second kappa shape index (κ2) is 6.56. The second-order valence-corrected chi connectivity index (χ2v) is 5.32. The van der Waals surface area contributed by atoms with Crippen LogP contribution in [0.2, 0.25) is 10.0 Å². The highest BCUT2D eigenvalue weighted by Crippen LogP contribution is 2.36. The Labute approximate surface area is 136 Å². The van der Waals surface area contributed by atoms with Crippen molar-refractivity contribution in [2.24, 2.45) is 0 Å². The molecule has 2 rings (SSSR count). The minimum absolute atomic E-state index is 0.290. The van der Waals surface area contributed by atoms with E-state index in [-0.39, 0.29) is 5.82 Å². The fourth-order valence-corrected chi connectivity index (χ4v) is 2.31. The van der Waals surface area contributed by atoms with Crippen LogP contribution in [-0.4, -0.2) is 24.2 Å². The van der Waals surface area contributed by atoms with Crippen molar-refractivity contribution in [2.45, 2.75) is 5.38 Å². The number of nitrogens with two attached hydrogens (primary N) is 1. The third-order valence-electron chi connectivity index (χ3n) is 2.74. The standard InChI is InChI=1S/C13H12Cl3N3O2/c1-20-10-5-11(21-2)19-13(18-10)12(16)6-3-7(14)8(15)4-9(6)17/h3-5,12H,17H2,1-2H3. The highest BCUT2D eigenvalue weighted by molar-refractivity contribution is 6.42. The maximum absolute atomic E-state index is 6.40. The van der Waals surface area contributed by atoms with Crippen LogP contribution >= 0.6 is 34.8 Å². The molecule has 0 fully saturated rings. The zero-order chi connectivity index (χ0) is 15.6. The number of aromatic nitrogens is 2. The van der Waals surface area contributed by atoms with E-state index in [9.17, 15) is 0 Å². The number of alkyl halides is 1. The molecule has 1 aromatic carbocycles. The van der Waals surface area contributed by atoms with Crippen molar-refractivity contribution in [1.29, 1.82) is 0 Å². The van der Waals surface area contributed by atoms with Gasteiger partial charge in [0.25, 0.3) is 0 Å². The van der Waals surface area contributed by atoms with E-state index < -0.39 is 5.38 Å². The monoisotopic (exact) mass is 347 g/mol. The van der Waals surface area contributed by atoms with Crippen molar-refractivity contribution >= 4 is 40.5 Å². The Morgan fingerprint density at radius 3 is 2.05 bits per heavy atom. The lowest BCUT2D eigenvalue weighted by Crippen LogP contribution is -2.06. The first kappa shape index (κ1) is 15.9. The van der Waals surface area contributed by atoms with Gasteiger partial charge in [0, 0.05) is 11.3 Å². The summed E-state index contributed by atoms with van der Waals surface area (Å²) in [5.74, 6) is 0.959. The van der Waals surface area contributed by atoms with Crippen LogP contribution in [0.15, 0.2) is 18.2 Å². The predicted molar refractivity (Wildman–Crippen MR) is 83.7 cm³/mol. The molecule has 8 heteroatoms. The van der Waals surface area contributed by atoms with E-state index in [1.54, 1.807) is 12.1 Å². The van der Waals surface area contributed by atoms with Crippen LogP contribution in [0, 0.1) is 0 Å². The van der Waals surface area contributed by atoms with Crippen molar-refractivity contribution in [1.82, 2.24) is 9.97 Å². The number of methoxy groups -OCH3 is 2. The van der Waals surface area contributed by atoms with Gasteiger partial charge in [-0.15, -0.1) is 11.6 Å². The maximum Gasteiger partial charge on any atom is 0.220 e. The van der Waals surface area contributed by atoms with Crippen molar-refractivity contribution in [3.63, 3.8) is 0 Å². The minimum atomic E-state index is -0.719. The Bertz CT molecular complexity index is 645. The van der Waals surface area contributed by atoms with Crippen molar-refractivity contribution < 1.29 is 9.47 Å². The van der Waals surface area contributed by atoms with Gasteiger partial charge in [-0.05, 0) is 12.1 Å². The van der Waals surface area contributed by atoms with Gasteiger partial charge in [0.1, 0.15) is 5.38 Å². The zero-order valence-electron chi connectivity index (χ0n) is 11.2. The Kier molecular flexibility index (Phi) is 4.98. The van der Waals surface area contributed by atoms with Gasteiger partial charge in [0.15, 0.2) is 5.82 Å². The molecule has 5 nitrogen and oxygen atoms in total. The van der Waals surface area contributed by atoms with Crippen LogP contribution in [-0.2, 0) is 0 Å². The van der Waals surface area contributed by atoms with E-state index in [1.807, 2.05) is 0 Å². The quantitative estimate of drug-likeness (QED) is 0.673. The number of nitrogen functional groups attached to an aromatic ring is 1. The molecule has 0 aliphatic heterocycles. The molecule has 0 amide bonds. The summed E-state index contributed by atoms with van der Waals surface area (Å²) in [5, 5.41) is -0.0175. The minimum Gasteiger partial charge on any atom is -0.481 e. The van der Waals surface area contributed by atoms with E-state index in [4.69, 9.17) is 50.0 Å². The van der Waals surface area contributed by atoms with Crippen LogP contribution in [0.3, 0.4) is 0 Å². The molecule has 0 saturated carbocycles. The van der Waals surface area contributed by atoms with E-state index in [0.29, 0.717) is 33.1 Å². The molecule has 21 heavy (non-hydrogen) atoms. The molecule has 112 valence electrons. The maximum atomic E-state index is 6.40. The number of hydrogen-bond acceptors (Lipinski definition) is 5. The molecule has 1 unspecified atom stereocenters. The van der Waals surface area contributed by atoms with E-state index >= 15 is 0 Å². The van der Waals surface area contributed by atoms with Crippen LogP contribution in [0.4, 0.5) is 5.69 Å². The summed E-state index contributed by atoms with van der Waals surface area (Å²) < 4.78 is 10.2. The van der Waals surface area contributed by atoms with E-state index in [0.717, 1.165) is 0 Å². The fourth-order valence-electron chi connectivity index (χ4n) is 1.68. The highest BCUT2D eigenvalue weighted by Gasteiger charge is 2.20. The Balaban J connectivity index is 2.49. The summed E-state index contributed by atoms with van der Waals surface area (Å²) in [5.41, 5.74) is 6.88.